The summed E-state index contributed by atoms with van der Waals surface area (Å²) in [5, 5.41) is 15.8. The van der Waals surface area contributed by atoms with E-state index in [0.29, 0.717) is 18.5 Å². The molecule has 1 atom stereocenters. The van der Waals surface area contributed by atoms with Gasteiger partial charge in [-0.2, -0.15) is 5.10 Å². The van der Waals surface area contributed by atoms with Crippen molar-refractivity contribution in [3.8, 4) is 0 Å². The van der Waals surface area contributed by atoms with Gasteiger partial charge in [-0.05, 0) is 24.5 Å². The zero-order valence-electron chi connectivity index (χ0n) is 12.1. The number of hydrogen-bond donors (Lipinski definition) is 1. The first-order valence-electron chi connectivity index (χ1n) is 7.51. The molecule has 1 aliphatic rings. The predicted octanol–water partition coefficient (Wildman–Crippen LogP) is 3.00. The fourth-order valence-electron chi connectivity index (χ4n) is 2.45. The molecule has 0 unspecified atom stereocenters. The molecule has 2 aromatic heterocycles. The van der Waals surface area contributed by atoms with Gasteiger partial charge in [-0.1, -0.05) is 35.4 Å². The maximum Gasteiger partial charge on any atom is 0.316 e. The van der Waals surface area contributed by atoms with Gasteiger partial charge in [0.25, 0.3) is 0 Å². The van der Waals surface area contributed by atoms with Crippen LogP contribution in [0.5, 0.6) is 0 Å². The van der Waals surface area contributed by atoms with Gasteiger partial charge in [-0.25, -0.2) is 0 Å². The van der Waals surface area contributed by atoms with E-state index in [1.807, 2.05) is 35.1 Å². The molecule has 6 nitrogen and oxygen atoms in total. The fourth-order valence-corrected chi connectivity index (χ4v) is 2.45. The Labute approximate surface area is 128 Å². The van der Waals surface area contributed by atoms with Crippen LogP contribution in [0.1, 0.15) is 36.3 Å². The Hall–Kier alpha value is -2.63. The highest BCUT2D eigenvalue weighted by Crippen LogP contribution is 2.39. The van der Waals surface area contributed by atoms with Crippen molar-refractivity contribution < 1.29 is 4.42 Å². The SMILES string of the molecule is c1ccc([C@H](Cn2cccn2)Nc2nnc(C3CC3)o2)cc1. The van der Waals surface area contributed by atoms with Gasteiger partial charge in [-0.3, -0.25) is 4.68 Å². The monoisotopic (exact) mass is 295 g/mol. The Kier molecular flexibility index (Phi) is 3.34. The summed E-state index contributed by atoms with van der Waals surface area (Å²) >= 11 is 0. The molecule has 4 rings (SSSR count). The average Bonchev–Trinajstić information content (AvgIpc) is 3.08. The molecule has 2 heterocycles. The Balaban J connectivity index is 1.55. The second-order valence-electron chi connectivity index (χ2n) is 5.56. The Bertz CT molecular complexity index is 718. The minimum atomic E-state index is 0.0219. The molecule has 0 amide bonds. The van der Waals surface area contributed by atoms with E-state index in [4.69, 9.17) is 4.42 Å². The summed E-state index contributed by atoms with van der Waals surface area (Å²) in [4.78, 5) is 0. The van der Waals surface area contributed by atoms with Crippen molar-refractivity contribution in [1.82, 2.24) is 20.0 Å². The Morgan fingerprint density at radius 3 is 2.77 bits per heavy atom. The largest absolute Gasteiger partial charge is 0.408 e. The summed E-state index contributed by atoms with van der Waals surface area (Å²) < 4.78 is 7.61. The number of rotatable bonds is 6. The van der Waals surface area contributed by atoms with E-state index in [1.54, 1.807) is 6.20 Å². The minimum Gasteiger partial charge on any atom is -0.408 e. The summed E-state index contributed by atoms with van der Waals surface area (Å²) in [6, 6.07) is 12.6. The summed E-state index contributed by atoms with van der Waals surface area (Å²) in [5.41, 5.74) is 1.16. The molecular formula is C16H17N5O. The molecule has 1 fully saturated rings. The van der Waals surface area contributed by atoms with Crippen LogP contribution in [0.15, 0.2) is 53.2 Å². The highest BCUT2D eigenvalue weighted by molar-refractivity contribution is 5.29. The van der Waals surface area contributed by atoms with Gasteiger partial charge >= 0.3 is 6.01 Å². The van der Waals surface area contributed by atoms with Crippen LogP contribution in [-0.2, 0) is 6.54 Å². The number of nitrogens with zero attached hydrogens (tertiary/aromatic N) is 4. The number of hydrogen-bond acceptors (Lipinski definition) is 5. The van der Waals surface area contributed by atoms with E-state index in [9.17, 15) is 0 Å². The second-order valence-corrected chi connectivity index (χ2v) is 5.56. The number of anilines is 1. The van der Waals surface area contributed by atoms with E-state index >= 15 is 0 Å². The number of benzene rings is 1. The first-order valence-corrected chi connectivity index (χ1v) is 7.51. The van der Waals surface area contributed by atoms with Crippen LogP contribution in [0.25, 0.3) is 0 Å². The molecule has 112 valence electrons. The summed E-state index contributed by atoms with van der Waals surface area (Å²) in [5.74, 6) is 1.21. The van der Waals surface area contributed by atoms with E-state index in [2.05, 4.69) is 32.7 Å². The average molecular weight is 295 g/mol. The van der Waals surface area contributed by atoms with Crippen LogP contribution in [-0.4, -0.2) is 20.0 Å². The van der Waals surface area contributed by atoms with Crippen molar-refractivity contribution in [2.45, 2.75) is 31.3 Å². The van der Waals surface area contributed by atoms with E-state index in [-0.39, 0.29) is 6.04 Å². The third-order valence-corrected chi connectivity index (χ3v) is 3.80. The molecule has 3 aromatic rings. The van der Waals surface area contributed by atoms with Crippen LogP contribution < -0.4 is 5.32 Å². The first-order chi connectivity index (χ1) is 10.9. The van der Waals surface area contributed by atoms with Gasteiger partial charge in [0.05, 0.1) is 12.6 Å². The minimum absolute atomic E-state index is 0.0219. The Morgan fingerprint density at radius 2 is 2.05 bits per heavy atom. The normalized spacial score (nSPS) is 15.6. The second kappa shape index (κ2) is 5.63. The maximum absolute atomic E-state index is 5.72. The molecule has 22 heavy (non-hydrogen) atoms. The summed E-state index contributed by atoms with van der Waals surface area (Å²) in [6.07, 6.45) is 6.02. The molecule has 0 saturated heterocycles. The van der Waals surface area contributed by atoms with Crippen molar-refractivity contribution in [3.63, 3.8) is 0 Å². The van der Waals surface area contributed by atoms with Gasteiger partial charge in [0.2, 0.25) is 5.89 Å². The van der Waals surface area contributed by atoms with Crippen LogP contribution in [0.2, 0.25) is 0 Å². The smallest absolute Gasteiger partial charge is 0.316 e. The highest BCUT2D eigenvalue weighted by Gasteiger charge is 2.29. The lowest BCUT2D eigenvalue weighted by Gasteiger charge is -2.17. The van der Waals surface area contributed by atoms with E-state index < -0.39 is 0 Å². The van der Waals surface area contributed by atoms with Gasteiger partial charge < -0.3 is 9.73 Å². The molecule has 0 aliphatic heterocycles. The molecule has 6 heteroatoms. The third-order valence-electron chi connectivity index (χ3n) is 3.80. The summed E-state index contributed by atoms with van der Waals surface area (Å²) in [7, 11) is 0. The van der Waals surface area contributed by atoms with Crippen molar-refractivity contribution >= 4 is 6.01 Å². The maximum atomic E-state index is 5.72. The van der Waals surface area contributed by atoms with Crippen LogP contribution in [0, 0.1) is 0 Å². The quantitative estimate of drug-likeness (QED) is 0.757. The molecule has 0 bridgehead atoms. The van der Waals surface area contributed by atoms with Crippen molar-refractivity contribution in [3.05, 3.63) is 60.2 Å². The molecule has 1 aromatic carbocycles. The van der Waals surface area contributed by atoms with E-state index in [1.165, 1.54) is 0 Å². The molecular weight excluding hydrogens is 278 g/mol. The topological polar surface area (TPSA) is 68.8 Å². The lowest BCUT2D eigenvalue weighted by atomic mass is 10.1. The fraction of sp³-hybridized carbons (Fsp3) is 0.312. The van der Waals surface area contributed by atoms with Crippen LogP contribution in [0.3, 0.4) is 0 Å². The number of nitrogens with one attached hydrogen (secondary N) is 1. The lowest BCUT2D eigenvalue weighted by molar-refractivity contribution is 0.485. The van der Waals surface area contributed by atoms with Gasteiger partial charge in [0.1, 0.15) is 0 Å². The Morgan fingerprint density at radius 1 is 1.18 bits per heavy atom. The third kappa shape index (κ3) is 2.86. The molecule has 0 radical (unpaired) electrons. The zero-order chi connectivity index (χ0) is 14.8. The predicted molar refractivity (Wildman–Crippen MR) is 81.3 cm³/mol. The van der Waals surface area contributed by atoms with Crippen LogP contribution in [0.4, 0.5) is 6.01 Å². The van der Waals surface area contributed by atoms with Crippen molar-refractivity contribution in [1.29, 1.82) is 0 Å². The summed E-state index contributed by atoms with van der Waals surface area (Å²) in [6.45, 7) is 0.693. The van der Waals surface area contributed by atoms with Crippen molar-refractivity contribution in [2.75, 3.05) is 5.32 Å². The molecule has 0 spiro atoms. The molecule has 1 saturated carbocycles. The first kappa shape index (κ1) is 13.1. The van der Waals surface area contributed by atoms with E-state index in [0.717, 1.165) is 24.3 Å². The van der Waals surface area contributed by atoms with Gasteiger partial charge in [0.15, 0.2) is 0 Å². The van der Waals surface area contributed by atoms with Crippen molar-refractivity contribution in [2.24, 2.45) is 0 Å². The number of aromatic nitrogens is 4. The molecule has 1 N–H and O–H groups in total. The standard InChI is InChI=1S/C16H17N5O/c1-2-5-12(6-3-1)14(11-21-10-4-9-17-21)18-16-20-19-15(22-16)13-7-8-13/h1-6,9-10,13-14H,7-8,11H2,(H,18,20)/t14-/m0/s1. The van der Waals surface area contributed by atoms with Gasteiger partial charge in [-0.15, -0.1) is 5.10 Å². The van der Waals surface area contributed by atoms with Crippen LogP contribution >= 0.6 is 0 Å². The van der Waals surface area contributed by atoms with Gasteiger partial charge in [0, 0.05) is 18.3 Å². The zero-order valence-corrected chi connectivity index (χ0v) is 12.1. The molecule has 1 aliphatic carbocycles. The lowest BCUT2D eigenvalue weighted by Crippen LogP contribution is -2.18. The highest BCUT2D eigenvalue weighted by atomic mass is 16.4.